The highest BCUT2D eigenvalue weighted by Gasteiger charge is 2.45. The van der Waals surface area contributed by atoms with Crippen molar-refractivity contribution in [2.45, 2.75) is 51.6 Å². The minimum Gasteiger partial charge on any atom is -0.465 e. The van der Waals surface area contributed by atoms with E-state index in [0.717, 1.165) is 12.8 Å². The Hall–Kier alpha value is -1.35. The summed E-state index contributed by atoms with van der Waals surface area (Å²) < 4.78 is 0. The number of hydrogen-bond donors (Lipinski definition) is 1. The Labute approximate surface area is 102 Å². The molecule has 0 aromatic heterocycles. The van der Waals surface area contributed by atoms with E-state index in [-0.39, 0.29) is 11.5 Å². The van der Waals surface area contributed by atoms with Gasteiger partial charge in [0.2, 0.25) is 6.08 Å². The summed E-state index contributed by atoms with van der Waals surface area (Å²) in [5, 5.41) is 9.10. The highest BCUT2D eigenvalue weighted by Crippen LogP contribution is 2.44. The van der Waals surface area contributed by atoms with Crippen LogP contribution in [-0.4, -0.2) is 40.8 Å². The average molecular weight is 240 g/mol. The molecule has 1 aliphatic carbocycles. The van der Waals surface area contributed by atoms with Gasteiger partial charge in [-0.1, -0.05) is 13.8 Å². The second-order valence-corrected chi connectivity index (χ2v) is 5.96. The molecule has 1 aliphatic rings. The molecule has 1 saturated carbocycles. The predicted octanol–water partition coefficient (Wildman–Crippen LogP) is 2.27. The number of carboxylic acid groups (broad SMARTS) is 1. The molecule has 2 atom stereocenters. The van der Waals surface area contributed by atoms with Crippen LogP contribution in [0.5, 0.6) is 0 Å². The van der Waals surface area contributed by atoms with Crippen LogP contribution < -0.4 is 0 Å². The Bertz CT molecular complexity index is 361. The summed E-state index contributed by atoms with van der Waals surface area (Å²) >= 11 is 0. The van der Waals surface area contributed by atoms with Gasteiger partial charge in [-0.15, -0.1) is 0 Å². The monoisotopic (exact) mass is 240 g/mol. The summed E-state index contributed by atoms with van der Waals surface area (Å²) in [6.45, 7) is 6.07. The van der Waals surface area contributed by atoms with Crippen LogP contribution in [0, 0.1) is 5.41 Å². The topological polar surface area (TPSA) is 70.0 Å². The lowest BCUT2D eigenvalue weighted by Gasteiger charge is -2.48. The molecule has 0 saturated heterocycles. The van der Waals surface area contributed by atoms with Gasteiger partial charge in [-0.3, -0.25) is 0 Å². The predicted molar refractivity (Wildman–Crippen MR) is 63.7 cm³/mol. The van der Waals surface area contributed by atoms with Gasteiger partial charge in [0.05, 0.1) is 6.04 Å². The first-order valence-corrected chi connectivity index (χ1v) is 5.74. The summed E-state index contributed by atoms with van der Waals surface area (Å²) in [6.07, 6.45) is 2.79. The molecule has 5 heteroatoms. The largest absolute Gasteiger partial charge is 0.465 e. The maximum Gasteiger partial charge on any atom is 0.407 e. The molecule has 0 aliphatic heterocycles. The molecule has 1 N–H and O–H groups in total. The van der Waals surface area contributed by atoms with Gasteiger partial charge in [0.15, 0.2) is 0 Å². The highest BCUT2D eigenvalue weighted by molar-refractivity contribution is 5.65. The number of isocyanates is 1. The fourth-order valence-corrected chi connectivity index (χ4v) is 3.05. The third kappa shape index (κ3) is 3.07. The van der Waals surface area contributed by atoms with Crippen LogP contribution in [0.1, 0.15) is 40.0 Å². The maximum absolute atomic E-state index is 11.1. The second kappa shape index (κ2) is 4.49. The molecule has 17 heavy (non-hydrogen) atoms. The van der Waals surface area contributed by atoms with E-state index < -0.39 is 11.6 Å². The van der Waals surface area contributed by atoms with Gasteiger partial charge in [-0.25, -0.2) is 14.6 Å². The molecule has 5 nitrogen and oxygen atoms in total. The molecule has 96 valence electrons. The van der Waals surface area contributed by atoms with Gasteiger partial charge in [-0.2, -0.15) is 0 Å². The molecule has 1 amide bonds. The smallest absolute Gasteiger partial charge is 0.407 e. The lowest BCUT2D eigenvalue weighted by Crippen LogP contribution is -2.54. The molecule has 0 spiro atoms. The van der Waals surface area contributed by atoms with Crippen molar-refractivity contribution < 1.29 is 14.7 Å². The SMILES string of the molecule is CN(C(=O)O)C1(C)CC(N=C=O)CC(C)(C)C1. The molecule has 1 rings (SSSR count). The first kappa shape index (κ1) is 13.7. The number of aliphatic imine (C=N–C) groups is 1. The van der Waals surface area contributed by atoms with Gasteiger partial charge in [0, 0.05) is 12.6 Å². The van der Waals surface area contributed by atoms with Crippen molar-refractivity contribution in [2.75, 3.05) is 7.05 Å². The third-order valence-corrected chi connectivity index (χ3v) is 3.65. The van der Waals surface area contributed by atoms with E-state index in [2.05, 4.69) is 18.8 Å². The van der Waals surface area contributed by atoms with Gasteiger partial charge < -0.3 is 10.0 Å². The van der Waals surface area contributed by atoms with E-state index in [1.807, 2.05) is 6.92 Å². The van der Waals surface area contributed by atoms with Gasteiger partial charge in [-0.05, 0) is 31.6 Å². The van der Waals surface area contributed by atoms with Crippen molar-refractivity contribution in [2.24, 2.45) is 10.4 Å². The van der Waals surface area contributed by atoms with Crippen molar-refractivity contribution in [1.82, 2.24) is 4.90 Å². The van der Waals surface area contributed by atoms with Gasteiger partial charge in [0.1, 0.15) is 0 Å². The first-order valence-electron chi connectivity index (χ1n) is 5.74. The summed E-state index contributed by atoms with van der Waals surface area (Å²) in [5.74, 6) is 0. The molecular weight excluding hydrogens is 220 g/mol. The summed E-state index contributed by atoms with van der Waals surface area (Å²) in [4.78, 5) is 26.6. The molecular formula is C12H20N2O3. The zero-order valence-electron chi connectivity index (χ0n) is 10.9. The Morgan fingerprint density at radius 3 is 2.47 bits per heavy atom. The van der Waals surface area contributed by atoms with E-state index in [4.69, 9.17) is 5.11 Å². The molecule has 0 radical (unpaired) electrons. The normalized spacial score (nSPS) is 31.4. The average Bonchev–Trinajstić information content (AvgIpc) is 2.13. The van der Waals surface area contributed by atoms with Crippen molar-refractivity contribution in [3.63, 3.8) is 0 Å². The molecule has 2 unspecified atom stereocenters. The van der Waals surface area contributed by atoms with E-state index in [9.17, 15) is 9.59 Å². The fourth-order valence-electron chi connectivity index (χ4n) is 3.05. The zero-order chi connectivity index (χ0) is 13.3. The number of carbonyl (C=O) groups excluding carboxylic acids is 1. The van der Waals surface area contributed by atoms with Gasteiger partial charge >= 0.3 is 6.09 Å². The minimum absolute atomic E-state index is 0.0261. The first-order chi connectivity index (χ1) is 7.70. The molecule has 0 bridgehead atoms. The number of amides is 1. The Morgan fingerprint density at radius 2 is 2.00 bits per heavy atom. The van der Waals surface area contributed by atoms with Crippen LogP contribution in [-0.2, 0) is 4.79 Å². The maximum atomic E-state index is 11.1. The molecule has 0 heterocycles. The van der Waals surface area contributed by atoms with Crippen molar-refractivity contribution in [1.29, 1.82) is 0 Å². The number of nitrogens with zero attached hydrogens (tertiary/aromatic N) is 2. The van der Waals surface area contributed by atoms with Crippen LogP contribution in [0.15, 0.2) is 4.99 Å². The van der Waals surface area contributed by atoms with Crippen LogP contribution >= 0.6 is 0 Å². The number of rotatable bonds is 2. The second-order valence-electron chi connectivity index (χ2n) is 5.96. The lowest BCUT2D eigenvalue weighted by molar-refractivity contribution is 0.0304. The Kier molecular flexibility index (Phi) is 3.62. The summed E-state index contributed by atoms with van der Waals surface area (Å²) in [7, 11) is 1.57. The third-order valence-electron chi connectivity index (χ3n) is 3.65. The highest BCUT2D eigenvalue weighted by atomic mass is 16.4. The van der Waals surface area contributed by atoms with Crippen molar-refractivity contribution >= 4 is 12.2 Å². The summed E-state index contributed by atoms with van der Waals surface area (Å²) in [6, 6.07) is -0.136. The molecule has 0 aromatic rings. The van der Waals surface area contributed by atoms with E-state index >= 15 is 0 Å². The number of carbonyl (C=O) groups is 1. The minimum atomic E-state index is -0.945. The van der Waals surface area contributed by atoms with E-state index in [1.54, 1.807) is 13.1 Å². The fraction of sp³-hybridized carbons (Fsp3) is 0.833. The van der Waals surface area contributed by atoms with Crippen LogP contribution in [0.3, 0.4) is 0 Å². The van der Waals surface area contributed by atoms with Crippen molar-refractivity contribution in [3.8, 4) is 0 Å². The standard InChI is InChI=1S/C12H20N2O3/c1-11(2)5-9(13-8-15)6-12(3,7-11)14(4)10(16)17/h9H,5-7H2,1-4H3,(H,16,17). The van der Waals surface area contributed by atoms with E-state index in [1.165, 1.54) is 4.90 Å². The van der Waals surface area contributed by atoms with Crippen molar-refractivity contribution in [3.05, 3.63) is 0 Å². The van der Waals surface area contributed by atoms with Crippen LogP contribution in [0.25, 0.3) is 0 Å². The number of hydrogen-bond acceptors (Lipinski definition) is 3. The zero-order valence-corrected chi connectivity index (χ0v) is 10.9. The van der Waals surface area contributed by atoms with Crippen LogP contribution in [0.4, 0.5) is 4.79 Å². The lowest BCUT2D eigenvalue weighted by atomic mass is 9.66. The van der Waals surface area contributed by atoms with Gasteiger partial charge in [0.25, 0.3) is 0 Å². The quantitative estimate of drug-likeness (QED) is 0.594. The van der Waals surface area contributed by atoms with Crippen LogP contribution in [0.2, 0.25) is 0 Å². The Morgan fingerprint density at radius 1 is 1.41 bits per heavy atom. The summed E-state index contributed by atoms with van der Waals surface area (Å²) in [5.41, 5.74) is -0.500. The Balaban J connectivity index is 2.99. The molecule has 0 aromatic carbocycles. The van der Waals surface area contributed by atoms with E-state index in [0.29, 0.717) is 6.42 Å². The molecule has 1 fully saturated rings.